The van der Waals surface area contributed by atoms with Gasteiger partial charge in [-0.3, -0.25) is 4.79 Å². The summed E-state index contributed by atoms with van der Waals surface area (Å²) in [6.45, 7) is 2.06. The molecule has 2 rings (SSSR count). The van der Waals surface area contributed by atoms with Gasteiger partial charge in [0.25, 0.3) is 0 Å². The molecule has 1 saturated heterocycles. The van der Waals surface area contributed by atoms with Gasteiger partial charge in [-0.25, -0.2) is 0 Å². The summed E-state index contributed by atoms with van der Waals surface area (Å²) >= 11 is 0. The number of aldehydes is 1. The molecule has 2 N–H and O–H groups in total. The van der Waals surface area contributed by atoms with Crippen LogP contribution in [0.25, 0.3) is 0 Å². The van der Waals surface area contributed by atoms with Crippen molar-refractivity contribution < 1.29 is 4.79 Å². The second kappa shape index (κ2) is 4.34. The van der Waals surface area contributed by atoms with Crippen molar-refractivity contribution >= 4 is 17.7 Å². The van der Waals surface area contributed by atoms with Crippen LogP contribution in [-0.4, -0.2) is 19.4 Å². The minimum Gasteiger partial charge on any atom is -0.399 e. The number of piperidine rings is 1. The highest BCUT2D eigenvalue weighted by Gasteiger charge is 2.14. The highest BCUT2D eigenvalue weighted by atomic mass is 16.1. The number of anilines is 2. The van der Waals surface area contributed by atoms with Crippen LogP contribution >= 0.6 is 0 Å². The first kappa shape index (κ1) is 10.0. The summed E-state index contributed by atoms with van der Waals surface area (Å²) in [5.74, 6) is 0. The average Bonchev–Trinajstić information content (AvgIpc) is 2.30. The van der Waals surface area contributed by atoms with Gasteiger partial charge < -0.3 is 10.6 Å². The van der Waals surface area contributed by atoms with Crippen LogP contribution in [0, 0.1) is 0 Å². The predicted molar refractivity (Wildman–Crippen MR) is 62.3 cm³/mol. The largest absolute Gasteiger partial charge is 0.399 e. The molecule has 0 bridgehead atoms. The molecule has 0 aromatic heterocycles. The van der Waals surface area contributed by atoms with Crippen LogP contribution in [0.15, 0.2) is 18.2 Å². The normalized spacial score (nSPS) is 16.4. The lowest BCUT2D eigenvalue weighted by molar-refractivity contribution is 0.112. The Morgan fingerprint density at radius 3 is 2.60 bits per heavy atom. The van der Waals surface area contributed by atoms with Crippen molar-refractivity contribution in [2.75, 3.05) is 23.7 Å². The van der Waals surface area contributed by atoms with Crippen LogP contribution in [0.5, 0.6) is 0 Å². The van der Waals surface area contributed by atoms with E-state index in [0.717, 1.165) is 36.3 Å². The van der Waals surface area contributed by atoms with E-state index in [2.05, 4.69) is 4.90 Å². The fourth-order valence-corrected chi connectivity index (χ4v) is 2.07. The zero-order valence-electron chi connectivity index (χ0n) is 8.78. The molecule has 3 heteroatoms. The molecule has 0 unspecified atom stereocenters. The molecule has 80 valence electrons. The van der Waals surface area contributed by atoms with E-state index in [1.165, 1.54) is 19.3 Å². The maximum atomic E-state index is 10.9. The fourth-order valence-electron chi connectivity index (χ4n) is 2.07. The van der Waals surface area contributed by atoms with Crippen LogP contribution < -0.4 is 10.6 Å². The van der Waals surface area contributed by atoms with E-state index in [9.17, 15) is 4.79 Å². The van der Waals surface area contributed by atoms with E-state index < -0.39 is 0 Å². The van der Waals surface area contributed by atoms with Gasteiger partial charge in [-0.2, -0.15) is 0 Å². The Bertz CT molecular complexity index is 357. The molecule has 3 nitrogen and oxygen atoms in total. The molecule has 0 spiro atoms. The van der Waals surface area contributed by atoms with Crippen LogP contribution in [0.4, 0.5) is 11.4 Å². The molecule has 0 saturated carbocycles. The van der Waals surface area contributed by atoms with Gasteiger partial charge in [-0.05, 0) is 37.5 Å². The molecule has 1 fully saturated rings. The van der Waals surface area contributed by atoms with Crippen molar-refractivity contribution in [3.05, 3.63) is 23.8 Å². The monoisotopic (exact) mass is 204 g/mol. The average molecular weight is 204 g/mol. The van der Waals surface area contributed by atoms with Crippen LogP contribution in [0.2, 0.25) is 0 Å². The Morgan fingerprint density at radius 1 is 1.20 bits per heavy atom. The smallest absolute Gasteiger partial charge is 0.152 e. The van der Waals surface area contributed by atoms with Gasteiger partial charge in [0.1, 0.15) is 0 Å². The summed E-state index contributed by atoms with van der Waals surface area (Å²) in [6, 6.07) is 5.47. The molecule has 1 heterocycles. The van der Waals surface area contributed by atoms with Crippen LogP contribution in [0.1, 0.15) is 29.6 Å². The zero-order chi connectivity index (χ0) is 10.7. The van der Waals surface area contributed by atoms with Gasteiger partial charge in [0.15, 0.2) is 6.29 Å². The van der Waals surface area contributed by atoms with Crippen molar-refractivity contribution in [1.29, 1.82) is 0 Å². The van der Waals surface area contributed by atoms with Crippen LogP contribution in [0.3, 0.4) is 0 Å². The van der Waals surface area contributed by atoms with Crippen LogP contribution in [-0.2, 0) is 0 Å². The van der Waals surface area contributed by atoms with E-state index in [1.54, 1.807) is 12.1 Å². The quantitative estimate of drug-likeness (QED) is 0.592. The number of carbonyl (C=O) groups is 1. The first-order valence-corrected chi connectivity index (χ1v) is 5.41. The lowest BCUT2D eigenvalue weighted by Gasteiger charge is -2.29. The highest BCUT2D eigenvalue weighted by molar-refractivity contribution is 5.86. The molecule has 0 radical (unpaired) electrons. The summed E-state index contributed by atoms with van der Waals surface area (Å²) in [5, 5.41) is 0. The fraction of sp³-hybridized carbons (Fsp3) is 0.417. The maximum absolute atomic E-state index is 10.9. The third kappa shape index (κ3) is 2.12. The molecule has 0 amide bonds. The molecular formula is C12H16N2O. The molecule has 1 aromatic rings. The minimum absolute atomic E-state index is 0.723. The maximum Gasteiger partial charge on any atom is 0.152 e. The van der Waals surface area contributed by atoms with Gasteiger partial charge in [-0.1, -0.05) is 0 Å². The number of nitrogens with two attached hydrogens (primary N) is 1. The molecule has 1 aliphatic heterocycles. The number of benzene rings is 1. The lowest BCUT2D eigenvalue weighted by atomic mass is 10.1. The van der Waals surface area contributed by atoms with Gasteiger partial charge in [-0.15, -0.1) is 0 Å². The third-order valence-corrected chi connectivity index (χ3v) is 2.88. The summed E-state index contributed by atoms with van der Waals surface area (Å²) in [6.07, 6.45) is 4.60. The Morgan fingerprint density at radius 2 is 1.93 bits per heavy atom. The number of hydrogen-bond donors (Lipinski definition) is 1. The highest BCUT2D eigenvalue weighted by Crippen LogP contribution is 2.25. The SMILES string of the molecule is Nc1ccc(C=O)c(N2CCCCC2)c1. The Hall–Kier alpha value is -1.51. The van der Waals surface area contributed by atoms with Crippen molar-refractivity contribution in [1.82, 2.24) is 0 Å². The Kier molecular flexibility index (Phi) is 2.90. The number of rotatable bonds is 2. The topological polar surface area (TPSA) is 46.3 Å². The first-order chi connectivity index (χ1) is 7.31. The molecular weight excluding hydrogens is 188 g/mol. The second-order valence-electron chi connectivity index (χ2n) is 3.98. The van der Waals surface area contributed by atoms with Crippen molar-refractivity contribution in [3.8, 4) is 0 Å². The minimum atomic E-state index is 0.723. The molecule has 1 aliphatic rings. The van der Waals surface area contributed by atoms with E-state index >= 15 is 0 Å². The second-order valence-corrected chi connectivity index (χ2v) is 3.98. The van der Waals surface area contributed by atoms with Crippen molar-refractivity contribution in [2.45, 2.75) is 19.3 Å². The van der Waals surface area contributed by atoms with E-state index in [4.69, 9.17) is 5.73 Å². The van der Waals surface area contributed by atoms with Crippen molar-refractivity contribution in [3.63, 3.8) is 0 Å². The Balaban J connectivity index is 2.31. The van der Waals surface area contributed by atoms with Gasteiger partial charge in [0.2, 0.25) is 0 Å². The summed E-state index contributed by atoms with van der Waals surface area (Å²) in [7, 11) is 0. The zero-order valence-corrected chi connectivity index (χ0v) is 8.78. The third-order valence-electron chi connectivity index (χ3n) is 2.88. The predicted octanol–water partition coefficient (Wildman–Crippen LogP) is 2.07. The molecule has 1 aromatic carbocycles. The summed E-state index contributed by atoms with van der Waals surface area (Å²) in [5.41, 5.74) is 8.20. The van der Waals surface area contributed by atoms with E-state index in [-0.39, 0.29) is 0 Å². The molecule has 0 aliphatic carbocycles. The molecule has 0 atom stereocenters. The van der Waals surface area contributed by atoms with E-state index in [0.29, 0.717) is 0 Å². The van der Waals surface area contributed by atoms with Gasteiger partial charge in [0.05, 0.1) is 0 Å². The Labute approximate surface area is 89.9 Å². The number of nitrogens with zero attached hydrogens (tertiary/aromatic N) is 1. The van der Waals surface area contributed by atoms with E-state index in [1.807, 2.05) is 6.07 Å². The standard InChI is InChI=1S/C12H16N2O/c13-11-5-4-10(9-15)12(8-11)14-6-2-1-3-7-14/h4-5,8-9H,1-3,6-7,13H2. The number of carbonyl (C=O) groups excluding carboxylic acids is 1. The molecule has 15 heavy (non-hydrogen) atoms. The lowest BCUT2D eigenvalue weighted by Crippen LogP contribution is -2.30. The summed E-state index contributed by atoms with van der Waals surface area (Å²) in [4.78, 5) is 13.2. The van der Waals surface area contributed by atoms with Gasteiger partial charge >= 0.3 is 0 Å². The van der Waals surface area contributed by atoms with Crippen molar-refractivity contribution in [2.24, 2.45) is 0 Å². The number of nitrogen functional groups attached to an aromatic ring is 1. The van der Waals surface area contributed by atoms with Gasteiger partial charge in [0, 0.05) is 30.0 Å². The summed E-state index contributed by atoms with van der Waals surface area (Å²) < 4.78 is 0. The first-order valence-electron chi connectivity index (χ1n) is 5.41. The number of hydrogen-bond acceptors (Lipinski definition) is 3.